The highest BCUT2D eigenvalue weighted by Gasteiger charge is 1.97. The van der Waals surface area contributed by atoms with E-state index in [0.717, 1.165) is 39.3 Å². The average Bonchev–Trinajstić information content (AvgIpc) is 2.70. The lowest BCUT2D eigenvalue weighted by molar-refractivity contribution is 0.144. The summed E-state index contributed by atoms with van der Waals surface area (Å²) in [6.07, 6.45) is 3.21. The van der Waals surface area contributed by atoms with Crippen molar-refractivity contribution in [3.8, 4) is 0 Å². The van der Waals surface area contributed by atoms with E-state index in [-0.39, 0.29) is 0 Å². The maximum atomic E-state index is 5.27. The molecule has 0 fully saturated rings. The molecule has 0 spiro atoms. The second-order valence-electron chi connectivity index (χ2n) is 3.51. The van der Waals surface area contributed by atoms with Crippen LogP contribution in [0.2, 0.25) is 0 Å². The van der Waals surface area contributed by atoms with Crippen LogP contribution >= 0.6 is 0 Å². The lowest BCUT2D eigenvalue weighted by Crippen LogP contribution is -2.18. The second-order valence-corrected chi connectivity index (χ2v) is 3.51. The molecule has 0 radical (unpaired) electrons. The van der Waals surface area contributed by atoms with Crippen LogP contribution in [0.1, 0.15) is 26.0 Å². The average molecular weight is 210 g/mol. The number of aryl methyl sites for hydroxylation is 1. The zero-order valence-corrected chi connectivity index (χ0v) is 9.83. The van der Waals surface area contributed by atoms with Gasteiger partial charge in [0.05, 0.1) is 0 Å². The summed E-state index contributed by atoms with van der Waals surface area (Å²) in [4.78, 5) is 0. The summed E-state index contributed by atoms with van der Waals surface area (Å²) in [5.41, 5.74) is 1.36. The number of nitrogens with one attached hydrogen (secondary N) is 1. The number of nitrogens with zero attached hydrogens (tertiary/aromatic N) is 1. The van der Waals surface area contributed by atoms with Crippen LogP contribution in [0.4, 0.5) is 0 Å². The van der Waals surface area contributed by atoms with Crippen molar-refractivity contribution in [2.24, 2.45) is 0 Å². The Morgan fingerprint density at radius 1 is 1.40 bits per heavy atom. The number of aromatic nitrogens is 1. The highest BCUT2D eigenvalue weighted by molar-refractivity contribution is 5.06. The molecule has 3 heteroatoms. The Labute approximate surface area is 92.4 Å². The molecular formula is C12H22N2O. The van der Waals surface area contributed by atoms with Gasteiger partial charge in [0.1, 0.15) is 0 Å². The molecule has 0 bridgehead atoms. The van der Waals surface area contributed by atoms with E-state index in [4.69, 9.17) is 4.74 Å². The fourth-order valence-corrected chi connectivity index (χ4v) is 1.58. The van der Waals surface area contributed by atoms with Crippen molar-refractivity contribution >= 4 is 0 Å². The van der Waals surface area contributed by atoms with Gasteiger partial charge in [-0.3, -0.25) is 0 Å². The molecule has 0 unspecified atom stereocenters. The lowest BCUT2D eigenvalue weighted by atomic mass is 10.4. The quantitative estimate of drug-likeness (QED) is 0.664. The molecule has 1 N–H and O–H groups in total. The molecule has 0 aliphatic heterocycles. The fraction of sp³-hybridized carbons (Fsp3) is 0.667. The van der Waals surface area contributed by atoms with Gasteiger partial charge in [-0.1, -0.05) is 0 Å². The van der Waals surface area contributed by atoms with E-state index in [9.17, 15) is 0 Å². The molecule has 0 atom stereocenters. The Hall–Kier alpha value is -0.800. The van der Waals surface area contributed by atoms with Gasteiger partial charge in [-0.15, -0.1) is 0 Å². The molecule has 0 saturated carbocycles. The van der Waals surface area contributed by atoms with Crippen LogP contribution in [0.5, 0.6) is 0 Å². The van der Waals surface area contributed by atoms with E-state index in [2.05, 4.69) is 35.1 Å². The maximum Gasteiger partial charge on any atom is 0.0477 e. The number of ether oxygens (including phenoxy) is 1. The zero-order chi connectivity index (χ0) is 10.9. The van der Waals surface area contributed by atoms with Crippen LogP contribution in [0.25, 0.3) is 0 Å². The van der Waals surface area contributed by atoms with Crippen molar-refractivity contribution in [1.82, 2.24) is 9.88 Å². The molecule has 0 aliphatic carbocycles. The first kappa shape index (κ1) is 12.3. The Morgan fingerprint density at radius 2 is 2.27 bits per heavy atom. The van der Waals surface area contributed by atoms with Crippen molar-refractivity contribution in [2.75, 3.05) is 19.8 Å². The summed E-state index contributed by atoms with van der Waals surface area (Å²) in [6, 6.07) is 4.26. The third kappa shape index (κ3) is 4.49. The van der Waals surface area contributed by atoms with Crippen LogP contribution < -0.4 is 5.32 Å². The minimum absolute atomic E-state index is 0.818. The summed E-state index contributed by atoms with van der Waals surface area (Å²) in [6.45, 7) is 8.89. The molecule has 86 valence electrons. The Morgan fingerprint density at radius 3 is 3.00 bits per heavy atom. The van der Waals surface area contributed by atoms with Crippen molar-refractivity contribution in [3.05, 3.63) is 24.0 Å². The molecule has 0 amide bonds. The monoisotopic (exact) mass is 210 g/mol. The van der Waals surface area contributed by atoms with Crippen LogP contribution in [-0.2, 0) is 17.8 Å². The predicted octanol–water partition coefficient (Wildman–Crippen LogP) is 2.02. The minimum atomic E-state index is 0.818. The van der Waals surface area contributed by atoms with E-state index in [1.807, 2.05) is 6.92 Å². The number of rotatable bonds is 8. The van der Waals surface area contributed by atoms with Crippen LogP contribution in [0, 0.1) is 0 Å². The second kappa shape index (κ2) is 7.49. The zero-order valence-electron chi connectivity index (χ0n) is 9.83. The van der Waals surface area contributed by atoms with Crippen LogP contribution in [-0.4, -0.2) is 24.3 Å². The Balaban J connectivity index is 2.09. The molecule has 0 aromatic carbocycles. The van der Waals surface area contributed by atoms with Gasteiger partial charge in [-0.25, -0.2) is 0 Å². The molecule has 1 aromatic heterocycles. The largest absolute Gasteiger partial charge is 0.382 e. The van der Waals surface area contributed by atoms with Crippen LogP contribution in [0.15, 0.2) is 18.3 Å². The summed E-state index contributed by atoms with van der Waals surface area (Å²) >= 11 is 0. The molecule has 1 heterocycles. The molecule has 3 nitrogen and oxygen atoms in total. The first-order valence-corrected chi connectivity index (χ1v) is 5.81. The fourth-order valence-electron chi connectivity index (χ4n) is 1.58. The van der Waals surface area contributed by atoms with Gasteiger partial charge in [0, 0.05) is 38.2 Å². The number of hydrogen-bond donors (Lipinski definition) is 1. The van der Waals surface area contributed by atoms with Crippen LogP contribution in [0.3, 0.4) is 0 Å². The first-order valence-electron chi connectivity index (χ1n) is 5.81. The van der Waals surface area contributed by atoms with E-state index in [0.29, 0.717) is 0 Å². The highest BCUT2D eigenvalue weighted by atomic mass is 16.5. The normalized spacial score (nSPS) is 10.8. The molecular weight excluding hydrogens is 188 g/mol. The van der Waals surface area contributed by atoms with Crippen molar-refractivity contribution in [3.63, 3.8) is 0 Å². The smallest absolute Gasteiger partial charge is 0.0477 e. The standard InChI is InChI=1S/C12H22N2O/c1-3-14-9-5-7-12(14)11-13-8-6-10-15-4-2/h5,7,9,13H,3-4,6,8,10-11H2,1-2H3. The lowest BCUT2D eigenvalue weighted by Gasteiger charge is -2.07. The van der Waals surface area contributed by atoms with Crippen molar-refractivity contribution < 1.29 is 4.74 Å². The molecule has 1 rings (SSSR count). The molecule has 0 aliphatic rings. The minimum Gasteiger partial charge on any atom is -0.382 e. The number of hydrogen-bond acceptors (Lipinski definition) is 2. The molecule has 15 heavy (non-hydrogen) atoms. The third-order valence-electron chi connectivity index (χ3n) is 2.42. The Bertz CT molecular complexity index is 258. The predicted molar refractivity (Wildman–Crippen MR) is 62.9 cm³/mol. The van der Waals surface area contributed by atoms with E-state index in [1.54, 1.807) is 0 Å². The van der Waals surface area contributed by atoms with Gasteiger partial charge in [0.15, 0.2) is 0 Å². The van der Waals surface area contributed by atoms with Gasteiger partial charge in [-0.2, -0.15) is 0 Å². The molecule has 0 saturated heterocycles. The third-order valence-corrected chi connectivity index (χ3v) is 2.42. The van der Waals surface area contributed by atoms with Gasteiger partial charge in [0.2, 0.25) is 0 Å². The topological polar surface area (TPSA) is 26.2 Å². The summed E-state index contributed by atoms with van der Waals surface area (Å²) < 4.78 is 7.53. The highest BCUT2D eigenvalue weighted by Crippen LogP contribution is 2.01. The SMILES string of the molecule is CCOCCCNCc1cccn1CC. The van der Waals surface area contributed by atoms with Gasteiger partial charge in [0.25, 0.3) is 0 Å². The van der Waals surface area contributed by atoms with E-state index in [1.165, 1.54) is 5.69 Å². The van der Waals surface area contributed by atoms with Gasteiger partial charge in [-0.05, 0) is 38.9 Å². The van der Waals surface area contributed by atoms with E-state index < -0.39 is 0 Å². The van der Waals surface area contributed by atoms with Gasteiger partial charge < -0.3 is 14.6 Å². The molecule has 1 aromatic rings. The Kier molecular flexibility index (Phi) is 6.12. The van der Waals surface area contributed by atoms with E-state index >= 15 is 0 Å². The first-order chi connectivity index (χ1) is 7.38. The van der Waals surface area contributed by atoms with Gasteiger partial charge >= 0.3 is 0 Å². The van der Waals surface area contributed by atoms with Crippen molar-refractivity contribution in [2.45, 2.75) is 33.4 Å². The van der Waals surface area contributed by atoms with Crippen molar-refractivity contribution in [1.29, 1.82) is 0 Å². The maximum absolute atomic E-state index is 5.27. The summed E-state index contributed by atoms with van der Waals surface area (Å²) in [5.74, 6) is 0. The summed E-state index contributed by atoms with van der Waals surface area (Å²) in [5, 5.41) is 3.42. The summed E-state index contributed by atoms with van der Waals surface area (Å²) in [7, 11) is 0.